The number of carbonyl (C=O) groups excluding carboxylic acids is 1. The number of hydrogen-bond acceptors (Lipinski definition) is 2. The third kappa shape index (κ3) is 4.28. The van der Waals surface area contributed by atoms with Crippen molar-refractivity contribution in [2.45, 2.75) is 64.5 Å². The molecule has 2 amide bonds. The Morgan fingerprint density at radius 1 is 1.17 bits per heavy atom. The summed E-state index contributed by atoms with van der Waals surface area (Å²) in [5.74, 6) is 0.985. The fourth-order valence-electron chi connectivity index (χ4n) is 3.60. The number of para-hydroxylation sites is 2. The molecule has 1 saturated carbocycles. The number of benzene rings is 1. The molecule has 5 nitrogen and oxygen atoms in total. The Kier molecular flexibility index (Phi) is 5.72. The van der Waals surface area contributed by atoms with Crippen molar-refractivity contribution in [3.05, 3.63) is 30.1 Å². The monoisotopic (exact) mass is 328 g/mol. The molecular weight excluding hydrogens is 300 g/mol. The SMILES string of the molecule is Cc1nc2ccccc2n1CCNC(=O)NC1CCCCCCC1. The lowest BCUT2D eigenvalue weighted by molar-refractivity contribution is 0.233. The summed E-state index contributed by atoms with van der Waals surface area (Å²) in [6.07, 6.45) is 8.62. The highest BCUT2D eigenvalue weighted by Crippen LogP contribution is 2.17. The Balaban J connectivity index is 1.48. The lowest BCUT2D eigenvalue weighted by atomic mass is 9.97. The van der Waals surface area contributed by atoms with Gasteiger partial charge in [0.05, 0.1) is 11.0 Å². The fourth-order valence-corrected chi connectivity index (χ4v) is 3.60. The summed E-state index contributed by atoms with van der Waals surface area (Å²) in [6, 6.07) is 8.41. The summed E-state index contributed by atoms with van der Waals surface area (Å²) in [6.45, 7) is 3.36. The maximum absolute atomic E-state index is 12.1. The molecule has 2 aromatic rings. The van der Waals surface area contributed by atoms with E-state index in [1.807, 2.05) is 25.1 Å². The number of nitrogens with zero attached hydrogens (tertiary/aromatic N) is 2. The van der Waals surface area contributed by atoms with Crippen LogP contribution in [0.4, 0.5) is 4.79 Å². The van der Waals surface area contributed by atoms with Gasteiger partial charge in [-0.05, 0) is 31.9 Å². The molecule has 1 fully saturated rings. The first kappa shape index (κ1) is 16.8. The van der Waals surface area contributed by atoms with E-state index in [1.54, 1.807) is 0 Å². The molecule has 1 aliphatic carbocycles. The average Bonchev–Trinajstić information content (AvgIpc) is 2.86. The number of hydrogen-bond donors (Lipinski definition) is 2. The van der Waals surface area contributed by atoms with Crippen LogP contribution in [0.3, 0.4) is 0 Å². The molecule has 2 N–H and O–H groups in total. The van der Waals surface area contributed by atoms with Crippen LogP contribution in [0.1, 0.15) is 50.8 Å². The van der Waals surface area contributed by atoms with Gasteiger partial charge in [-0.1, -0.05) is 44.2 Å². The quantitative estimate of drug-likeness (QED) is 0.898. The highest BCUT2D eigenvalue weighted by atomic mass is 16.2. The molecule has 1 aliphatic rings. The van der Waals surface area contributed by atoms with Crippen molar-refractivity contribution >= 4 is 17.1 Å². The standard InChI is InChI=1S/C19H28N4O/c1-15-21-17-11-7-8-12-18(17)23(15)14-13-20-19(24)22-16-9-5-3-2-4-6-10-16/h7-8,11-12,16H,2-6,9-10,13-14H2,1H3,(H2,20,22,24). The summed E-state index contributed by atoms with van der Waals surface area (Å²) in [7, 11) is 0. The Labute approximate surface area is 143 Å². The Morgan fingerprint density at radius 2 is 1.88 bits per heavy atom. The number of aromatic nitrogens is 2. The zero-order chi connectivity index (χ0) is 16.8. The number of nitrogens with one attached hydrogen (secondary N) is 2. The molecule has 1 heterocycles. The largest absolute Gasteiger partial charge is 0.336 e. The number of urea groups is 1. The smallest absolute Gasteiger partial charge is 0.315 e. The van der Waals surface area contributed by atoms with Crippen LogP contribution in [0, 0.1) is 6.92 Å². The topological polar surface area (TPSA) is 59.0 Å². The van der Waals surface area contributed by atoms with Gasteiger partial charge < -0.3 is 15.2 Å². The minimum Gasteiger partial charge on any atom is -0.336 e. The zero-order valence-electron chi connectivity index (χ0n) is 14.6. The zero-order valence-corrected chi connectivity index (χ0v) is 14.6. The minimum atomic E-state index is -0.0392. The maximum atomic E-state index is 12.1. The van der Waals surface area contributed by atoms with Crippen molar-refractivity contribution in [1.82, 2.24) is 20.2 Å². The van der Waals surface area contributed by atoms with Gasteiger partial charge in [0.2, 0.25) is 0 Å². The maximum Gasteiger partial charge on any atom is 0.315 e. The van der Waals surface area contributed by atoms with Crippen molar-refractivity contribution in [3.8, 4) is 0 Å². The molecule has 1 aromatic carbocycles. The lowest BCUT2D eigenvalue weighted by Crippen LogP contribution is -2.43. The molecule has 0 atom stereocenters. The van der Waals surface area contributed by atoms with Gasteiger partial charge in [0.25, 0.3) is 0 Å². The number of carbonyl (C=O) groups is 1. The van der Waals surface area contributed by atoms with E-state index in [0.29, 0.717) is 12.6 Å². The van der Waals surface area contributed by atoms with Gasteiger partial charge in [-0.2, -0.15) is 0 Å². The summed E-state index contributed by atoms with van der Waals surface area (Å²) >= 11 is 0. The molecule has 0 aliphatic heterocycles. The summed E-state index contributed by atoms with van der Waals surface area (Å²) in [5.41, 5.74) is 2.13. The van der Waals surface area contributed by atoms with Crippen LogP contribution in [-0.2, 0) is 6.54 Å². The van der Waals surface area contributed by atoms with Gasteiger partial charge in [-0.15, -0.1) is 0 Å². The molecular formula is C19H28N4O. The summed E-state index contributed by atoms with van der Waals surface area (Å²) in [5, 5.41) is 6.14. The molecule has 0 saturated heterocycles. The molecule has 0 unspecified atom stereocenters. The highest BCUT2D eigenvalue weighted by Gasteiger charge is 2.14. The molecule has 3 rings (SSSR count). The van der Waals surface area contributed by atoms with Crippen LogP contribution in [-0.4, -0.2) is 28.2 Å². The van der Waals surface area contributed by atoms with E-state index < -0.39 is 0 Å². The Morgan fingerprint density at radius 3 is 2.67 bits per heavy atom. The van der Waals surface area contributed by atoms with Crippen LogP contribution in [0.5, 0.6) is 0 Å². The van der Waals surface area contributed by atoms with E-state index in [4.69, 9.17) is 0 Å². The van der Waals surface area contributed by atoms with Gasteiger partial charge >= 0.3 is 6.03 Å². The predicted octanol–water partition coefficient (Wildman–Crippen LogP) is 3.76. The molecule has 0 radical (unpaired) electrons. The highest BCUT2D eigenvalue weighted by molar-refractivity contribution is 5.76. The van der Waals surface area contributed by atoms with Crippen molar-refractivity contribution in [2.75, 3.05) is 6.54 Å². The second-order valence-corrected chi connectivity index (χ2v) is 6.74. The molecule has 5 heteroatoms. The van der Waals surface area contributed by atoms with E-state index in [9.17, 15) is 4.79 Å². The first-order chi connectivity index (χ1) is 11.7. The van der Waals surface area contributed by atoms with Crippen LogP contribution >= 0.6 is 0 Å². The second-order valence-electron chi connectivity index (χ2n) is 6.74. The van der Waals surface area contributed by atoms with Gasteiger partial charge in [-0.3, -0.25) is 0 Å². The normalized spacial score (nSPS) is 16.5. The van der Waals surface area contributed by atoms with Crippen LogP contribution in [0.25, 0.3) is 11.0 Å². The van der Waals surface area contributed by atoms with Gasteiger partial charge in [0.1, 0.15) is 5.82 Å². The molecule has 0 spiro atoms. The predicted molar refractivity (Wildman–Crippen MR) is 97.1 cm³/mol. The van der Waals surface area contributed by atoms with Gasteiger partial charge in [0.15, 0.2) is 0 Å². The first-order valence-electron chi connectivity index (χ1n) is 9.20. The summed E-state index contributed by atoms with van der Waals surface area (Å²) < 4.78 is 2.16. The van der Waals surface area contributed by atoms with Crippen molar-refractivity contribution < 1.29 is 4.79 Å². The van der Waals surface area contributed by atoms with Crippen molar-refractivity contribution in [3.63, 3.8) is 0 Å². The average molecular weight is 328 g/mol. The molecule has 0 bridgehead atoms. The van der Waals surface area contributed by atoms with E-state index in [0.717, 1.165) is 36.2 Å². The van der Waals surface area contributed by atoms with Gasteiger partial charge in [-0.25, -0.2) is 9.78 Å². The van der Waals surface area contributed by atoms with E-state index in [-0.39, 0.29) is 6.03 Å². The number of rotatable bonds is 4. The Hall–Kier alpha value is -2.04. The molecule has 24 heavy (non-hydrogen) atoms. The number of aryl methyl sites for hydroxylation is 1. The number of fused-ring (bicyclic) bond motifs is 1. The van der Waals surface area contributed by atoms with E-state index in [1.165, 1.54) is 32.1 Å². The fraction of sp³-hybridized carbons (Fsp3) is 0.579. The number of amides is 2. The third-order valence-electron chi connectivity index (χ3n) is 4.91. The first-order valence-corrected chi connectivity index (χ1v) is 9.20. The molecule has 1 aromatic heterocycles. The molecule has 130 valence electrons. The van der Waals surface area contributed by atoms with E-state index in [2.05, 4.69) is 26.3 Å². The van der Waals surface area contributed by atoms with Crippen molar-refractivity contribution in [1.29, 1.82) is 0 Å². The summed E-state index contributed by atoms with van der Waals surface area (Å²) in [4.78, 5) is 16.7. The lowest BCUT2D eigenvalue weighted by Gasteiger charge is -2.21. The Bertz CT molecular complexity index is 671. The van der Waals surface area contributed by atoms with Crippen molar-refractivity contribution in [2.24, 2.45) is 0 Å². The van der Waals surface area contributed by atoms with E-state index >= 15 is 0 Å². The third-order valence-corrected chi connectivity index (χ3v) is 4.91. The van der Waals surface area contributed by atoms with Crippen LogP contribution in [0.2, 0.25) is 0 Å². The second kappa shape index (κ2) is 8.18. The number of imidazole rings is 1. The van der Waals surface area contributed by atoms with Crippen LogP contribution < -0.4 is 10.6 Å². The van der Waals surface area contributed by atoms with Gasteiger partial charge in [0, 0.05) is 19.1 Å². The minimum absolute atomic E-state index is 0.0392. The van der Waals surface area contributed by atoms with Crippen LogP contribution in [0.15, 0.2) is 24.3 Å².